The molecule has 0 atom stereocenters. The molecule has 2 heterocycles. The zero-order valence-electron chi connectivity index (χ0n) is 17.0. The van der Waals surface area contributed by atoms with Gasteiger partial charge in [-0.3, -0.25) is 14.5 Å². The van der Waals surface area contributed by atoms with Crippen LogP contribution in [0.1, 0.15) is 30.1 Å². The molecule has 0 bridgehead atoms. The van der Waals surface area contributed by atoms with Crippen LogP contribution < -0.4 is 4.90 Å². The maximum Gasteiger partial charge on any atom is 0.317 e. The summed E-state index contributed by atoms with van der Waals surface area (Å²) in [5.41, 5.74) is 1.61. The Balaban J connectivity index is 1.59. The lowest BCUT2D eigenvalue weighted by Gasteiger charge is -2.37. The Labute approximate surface area is 171 Å². The fraction of sp³-hybridized carbons (Fsp3) is 0.409. The smallest absolute Gasteiger partial charge is 0.317 e. The molecule has 1 aliphatic heterocycles. The van der Waals surface area contributed by atoms with E-state index in [4.69, 9.17) is 5.11 Å². The molecule has 0 spiro atoms. The van der Waals surface area contributed by atoms with Gasteiger partial charge in [0.1, 0.15) is 5.82 Å². The summed E-state index contributed by atoms with van der Waals surface area (Å²) in [6.45, 7) is 3.98. The molecule has 0 saturated carbocycles. The number of carbonyl (C=O) groups is 2. The molecule has 1 N–H and O–H groups in total. The number of likely N-dealkylation sites (N-methyl/N-ethyl adjacent to an activating group) is 1. The highest BCUT2D eigenvalue weighted by atomic mass is 16.4. The summed E-state index contributed by atoms with van der Waals surface area (Å²) in [6.07, 6.45) is 3.20. The van der Waals surface area contributed by atoms with E-state index >= 15 is 0 Å². The second-order valence-corrected chi connectivity index (χ2v) is 7.28. The Morgan fingerprint density at radius 1 is 1.14 bits per heavy atom. The van der Waals surface area contributed by atoms with Crippen molar-refractivity contribution < 1.29 is 14.7 Å². The number of aliphatic carboxylic acids is 1. The van der Waals surface area contributed by atoms with Crippen molar-refractivity contribution in [3.63, 3.8) is 0 Å². The normalized spacial score (nSPS) is 14.8. The summed E-state index contributed by atoms with van der Waals surface area (Å²) >= 11 is 0. The van der Waals surface area contributed by atoms with Crippen LogP contribution in [0.4, 0.5) is 11.5 Å². The van der Waals surface area contributed by atoms with Crippen LogP contribution >= 0.6 is 0 Å². The van der Waals surface area contributed by atoms with E-state index in [-0.39, 0.29) is 18.5 Å². The lowest BCUT2D eigenvalue weighted by molar-refractivity contribution is -0.139. The summed E-state index contributed by atoms with van der Waals surface area (Å²) in [7, 11) is 1.94. The Morgan fingerprint density at radius 3 is 2.38 bits per heavy atom. The highest BCUT2D eigenvalue weighted by Crippen LogP contribution is 2.22. The van der Waals surface area contributed by atoms with Crippen molar-refractivity contribution in [2.45, 2.75) is 25.8 Å². The van der Waals surface area contributed by atoms with Crippen molar-refractivity contribution >= 4 is 23.4 Å². The minimum Gasteiger partial charge on any atom is -0.480 e. The minimum absolute atomic E-state index is 0.0221. The SMILES string of the molecule is CCN(CC(=O)O)C1CCN(C(=O)c2ccc(N(C)c3ccccc3)nc2)CC1. The van der Waals surface area contributed by atoms with Gasteiger partial charge in [0.05, 0.1) is 12.1 Å². The third kappa shape index (κ3) is 5.12. The molecule has 3 rings (SSSR count). The van der Waals surface area contributed by atoms with Gasteiger partial charge < -0.3 is 14.9 Å². The van der Waals surface area contributed by atoms with Gasteiger partial charge in [0.25, 0.3) is 5.91 Å². The first-order valence-electron chi connectivity index (χ1n) is 9.99. The largest absolute Gasteiger partial charge is 0.480 e. The first-order chi connectivity index (χ1) is 14.0. The summed E-state index contributed by atoms with van der Waals surface area (Å²) < 4.78 is 0. The molecular weight excluding hydrogens is 368 g/mol. The number of piperidine rings is 1. The minimum atomic E-state index is -0.808. The van der Waals surface area contributed by atoms with Gasteiger partial charge in [-0.1, -0.05) is 25.1 Å². The molecule has 2 aromatic rings. The molecule has 1 fully saturated rings. The number of anilines is 2. The van der Waals surface area contributed by atoms with Gasteiger partial charge in [0, 0.05) is 38.1 Å². The van der Waals surface area contributed by atoms with Crippen LogP contribution in [0, 0.1) is 0 Å². The molecule has 1 aromatic carbocycles. The van der Waals surface area contributed by atoms with Crippen molar-refractivity contribution in [1.29, 1.82) is 0 Å². The average molecular weight is 396 g/mol. The quantitative estimate of drug-likeness (QED) is 0.776. The number of aromatic nitrogens is 1. The fourth-order valence-corrected chi connectivity index (χ4v) is 3.78. The van der Waals surface area contributed by atoms with Gasteiger partial charge >= 0.3 is 5.97 Å². The number of amides is 1. The van der Waals surface area contributed by atoms with Crippen molar-refractivity contribution in [2.24, 2.45) is 0 Å². The Morgan fingerprint density at radius 2 is 1.83 bits per heavy atom. The van der Waals surface area contributed by atoms with Crippen molar-refractivity contribution in [2.75, 3.05) is 38.1 Å². The lowest BCUT2D eigenvalue weighted by atomic mass is 10.0. The zero-order valence-corrected chi connectivity index (χ0v) is 17.0. The molecule has 1 aliphatic rings. The molecule has 29 heavy (non-hydrogen) atoms. The molecule has 1 aromatic heterocycles. The fourth-order valence-electron chi connectivity index (χ4n) is 3.78. The standard InChI is InChI=1S/C22H28N4O3/c1-3-25(16-21(27)28)19-11-13-26(14-12-19)22(29)17-9-10-20(23-15-17)24(2)18-7-5-4-6-8-18/h4-10,15,19H,3,11-14,16H2,1-2H3,(H,27,28). The number of likely N-dealkylation sites (tertiary alicyclic amines) is 1. The van der Waals surface area contributed by atoms with Gasteiger partial charge in [-0.25, -0.2) is 4.98 Å². The Hall–Kier alpha value is -2.93. The van der Waals surface area contributed by atoms with Crippen LogP contribution in [0.5, 0.6) is 0 Å². The van der Waals surface area contributed by atoms with Crippen LogP contribution in [0.15, 0.2) is 48.7 Å². The zero-order chi connectivity index (χ0) is 20.8. The van der Waals surface area contributed by atoms with Crippen LogP contribution in [0.2, 0.25) is 0 Å². The Kier molecular flexibility index (Phi) is 6.82. The lowest BCUT2D eigenvalue weighted by Crippen LogP contribution is -2.48. The highest BCUT2D eigenvalue weighted by molar-refractivity contribution is 5.94. The van der Waals surface area contributed by atoms with E-state index in [1.165, 1.54) is 0 Å². The molecule has 1 saturated heterocycles. The molecular formula is C22H28N4O3. The van der Waals surface area contributed by atoms with E-state index in [2.05, 4.69) is 4.98 Å². The van der Waals surface area contributed by atoms with Crippen LogP contribution in [0.25, 0.3) is 0 Å². The molecule has 1 amide bonds. The molecule has 7 heteroatoms. The number of hydrogen-bond acceptors (Lipinski definition) is 5. The number of pyridine rings is 1. The second-order valence-electron chi connectivity index (χ2n) is 7.28. The van der Waals surface area contributed by atoms with Gasteiger partial charge in [0.15, 0.2) is 0 Å². The Bertz CT molecular complexity index is 818. The molecule has 154 valence electrons. The topological polar surface area (TPSA) is 77.0 Å². The summed E-state index contributed by atoms with van der Waals surface area (Å²) in [5, 5.41) is 9.05. The number of hydrogen-bond donors (Lipinski definition) is 1. The maximum absolute atomic E-state index is 12.8. The first kappa shape index (κ1) is 20.8. The van der Waals surface area contributed by atoms with E-state index in [0.29, 0.717) is 25.2 Å². The maximum atomic E-state index is 12.8. The summed E-state index contributed by atoms with van der Waals surface area (Å²) in [4.78, 5) is 34.1. The van der Waals surface area contributed by atoms with Crippen molar-refractivity contribution in [3.05, 3.63) is 54.2 Å². The van der Waals surface area contributed by atoms with E-state index in [0.717, 1.165) is 24.3 Å². The van der Waals surface area contributed by atoms with Gasteiger partial charge in [-0.15, -0.1) is 0 Å². The molecule has 0 unspecified atom stereocenters. The number of carboxylic acid groups (broad SMARTS) is 1. The van der Waals surface area contributed by atoms with Crippen LogP contribution in [-0.2, 0) is 4.79 Å². The van der Waals surface area contributed by atoms with Crippen molar-refractivity contribution in [3.8, 4) is 0 Å². The van der Waals surface area contributed by atoms with Gasteiger partial charge in [0.2, 0.25) is 0 Å². The molecule has 0 radical (unpaired) electrons. The predicted molar refractivity (Wildman–Crippen MR) is 113 cm³/mol. The van der Waals surface area contributed by atoms with E-state index in [1.54, 1.807) is 6.20 Å². The number of rotatable bonds is 7. The van der Waals surface area contributed by atoms with Crippen LogP contribution in [0.3, 0.4) is 0 Å². The van der Waals surface area contributed by atoms with E-state index in [9.17, 15) is 9.59 Å². The summed E-state index contributed by atoms with van der Waals surface area (Å²) in [6, 6.07) is 13.8. The summed E-state index contributed by atoms with van der Waals surface area (Å²) in [5.74, 6) is -0.0538. The molecule has 7 nitrogen and oxygen atoms in total. The number of carboxylic acids is 1. The van der Waals surface area contributed by atoms with Crippen LogP contribution in [-0.4, -0.2) is 71.0 Å². The highest BCUT2D eigenvalue weighted by Gasteiger charge is 2.27. The number of para-hydroxylation sites is 1. The third-order valence-electron chi connectivity index (χ3n) is 5.49. The predicted octanol–water partition coefficient (Wildman–Crippen LogP) is 2.86. The first-order valence-corrected chi connectivity index (χ1v) is 9.99. The molecule has 0 aliphatic carbocycles. The average Bonchev–Trinajstić information content (AvgIpc) is 2.77. The second kappa shape index (κ2) is 9.52. The number of benzene rings is 1. The van der Waals surface area contributed by atoms with Gasteiger partial charge in [-0.05, 0) is 43.7 Å². The third-order valence-corrected chi connectivity index (χ3v) is 5.49. The van der Waals surface area contributed by atoms with Gasteiger partial charge in [-0.2, -0.15) is 0 Å². The number of carbonyl (C=O) groups excluding carboxylic acids is 1. The number of nitrogens with zero attached hydrogens (tertiary/aromatic N) is 4. The van der Waals surface area contributed by atoms with E-state index < -0.39 is 5.97 Å². The monoisotopic (exact) mass is 396 g/mol. The van der Waals surface area contributed by atoms with Crippen molar-refractivity contribution in [1.82, 2.24) is 14.8 Å². The van der Waals surface area contributed by atoms with E-state index in [1.807, 2.05) is 71.1 Å².